The van der Waals surface area contributed by atoms with Gasteiger partial charge in [-0.25, -0.2) is 13.4 Å². The lowest BCUT2D eigenvalue weighted by atomic mass is 10.1. The zero-order chi connectivity index (χ0) is 19.4. The molecule has 0 amide bonds. The zero-order valence-corrected chi connectivity index (χ0v) is 15.4. The maximum absolute atomic E-state index is 12.5. The van der Waals surface area contributed by atoms with Gasteiger partial charge in [0.2, 0.25) is 0 Å². The van der Waals surface area contributed by atoms with Crippen LogP contribution in [-0.4, -0.2) is 39.3 Å². The third-order valence-corrected chi connectivity index (χ3v) is 4.15. The number of benzene rings is 2. The molecule has 0 atom stereocenters. The summed E-state index contributed by atoms with van der Waals surface area (Å²) in [5.74, 6) is 1.29. The predicted molar refractivity (Wildman–Crippen MR) is 101 cm³/mol. The number of rotatable bonds is 7. The van der Waals surface area contributed by atoms with E-state index in [4.69, 9.17) is 9.47 Å². The van der Waals surface area contributed by atoms with E-state index in [9.17, 15) is 13.2 Å². The Balaban J connectivity index is 1.96. The van der Waals surface area contributed by atoms with Crippen LogP contribution in [0.15, 0.2) is 41.2 Å². The Kier molecular flexibility index (Phi) is 5.57. The number of hydrogen-bond donors (Lipinski definition) is 3. The van der Waals surface area contributed by atoms with Crippen molar-refractivity contribution in [1.82, 2.24) is 9.97 Å². The molecule has 0 radical (unpaired) electrons. The largest absolute Gasteiger partial charge is 0.497 e. The summed E-state index contributed by atoms with van der Waals surface area (Å²) in [6.45, 7) is -0.164. The number of ether oxygens (including phenoxy) is 2. The number of hydrogen-bond acceptors (Lipinski definition) is 8. The molecule has 1 aromatic heterocycles. The fraction of sp³-hybridized carbons (Fsp3) is 0.176. The number of aromatic nitrogens is 2. The summed E-state index contributed by atoms with van der Waals surface area (Å²) in [5.41, 5.74) is 1.45. The summed E-state index contributed by atoms with van der Waals surface area (Å²) >= 11 is 0. The Morgan fingerprint density at radius 1 is 1.11 bits per heavy atom. The van der Waals surface area contributed by atoms with Crippen LogP contribution in [0.2, 0.25) is 0 Å². The molecule has 0 spiro atoms. The highest BCUT2D eigenvalue weighted by Crippen LogP contribution is 2.28. The van der Waals surface area contributed by atoms with Gasteiger partial charge in [0.25, 0.3) is 16.5 Å². The van der Waals surface area contributed by atoms with Crippen molar-refractivity contribution in [3.63, 3.8) is 0 Å². The van der Waals surface area contributed by atoms with Crippen LogP contribution in [0.25, 0.3) is 22.3 Å². The molecule has 3 rings (SSSR count). The van der Waals surface area contributed by atoms with E-state index < -0.39 is 11.0 Å². The van der Waals surface area contributed by atoms with Gasteiger partial charge in [-0.05, 0) is 24.3 Å². The van der Waals surface area contributed by atoms with Crippen LogP contribution in [-0.2, 0) is 15.2 Å². The number of H-pyrrole nitrogens is 1. The molecule has 9 nitrogen and oxygen atoms in total. The van der Waals surface area contributed by atoms with Crippen molar-refractivity contribution in [1.29, 1.82) is 0 Å². The zero-order valence-electron chi connectivity index (χ0n) is 14.5. The number of fused-ring (bicyclic) bond motifs is 1. The Labute approximate surface area is 156 Å². The van der Waals surface area contributed by atoms with Crippen LogP contribution in [0, 0.1) is 0 Å². The van der Waals surface area contributed by atoms with Gasteiger partial charge in [-0.1, -0.05) is 0 Å². The number of nitrogens with one attached hydrogen (secondary N) is 2. The minimum atomic E-state index is -2.90. The van der Waals surface area contributed by atoms with E-state index in [0.29, 0.717) is 39.5 Å². The van der Waals surface area contributed by atoms with Crippen molar-refractivity contribution >= 4 is 27.6 Å². The lowest BCUT2D eigenvalue weighted by Gasteiger charge is -2.10. The molecule has 10 heteroatoms. The van der Waals surface area contributed by atoms with Crippen LogP contribution in [0.4, 0.5) is 5.69 Å². The van der Waals surface area contributed by atoms with Gasteiger partial charge < -0.3 is 19.8 Å². The molecule has 142 valence electrons. The molecule has 0 bridgehead atoms. The fourth-order valence-electron chi connectivity index (χ4n) is 2.54. The van der Waals surface area contributed by atoms with Crippen molar-refractivity contribution in [3.8, 4) is 22.9 Å². The van der Waals surface area contributed by atoms with E-state index in [2.05, 4.69) is 19.5 Å². The number of thiol groups is 1. The number of aromatic amines is 1. The van der Waals surface area contributed by atoms with E-state index in [-0.39, 0.29) is 12.3 Å². The molecule has 0 unspecified atom stereocenters. The number of anilines is 1. The highest BCUT2D eigenvalue weighted by Gasteiger charge is 2.13. The van der Waals surface area contributed by atoms with Gasteiger partial charge in [0, 0.05) is 23.4 Å². The van der Waals surface area contributed by atoms with E-state index in [1.807, 2.05) is 0 Å². The van der Waals surface area contributed by atoms with Crippen LogP contribution >= 0.6 is 0 Å². The maximum atomic E-state index is 12.5. The fourth-order valence-corrected chi connectivity index (χ4v) is 2.71. The van der Waals surface area contributed by atoms with Crippen molar-refractivity contribution in [3.05, 3.63) is 46.8 Å². The Morgan fingerprint density at radius 2 is 1.85 bits per heavy atom. The molecule has 0 fully saturated rings. The first-order valence-electron chi connectivity index (χ1n) is 7.79. The minimum Gasteiger partial charge on any atom is -0.497 e. The molecule has 27 heavy (non-hydrogen) atoms. The molecule has 0 aliphatic carbocycles. The molecule has 0 saturated carbocycles. The monoisotopic (exact) mass is 391 g/mol. The molecule has 3 aromatic rings. The highest BCUT2D eigenvalue weighted by atomic mass is 32.2. The van der Waals surface area contributed by atoms with E-state index in [1.54, 1.807) is 36.4 Å². The minimum absolute atomic E-state index is 0.164. The van der Waals surface area contributed by atoms with Crippen molar-refractivity contribution in [2.24, 2.45) is 0 Å². The summed E-state index contributed by atoms with van der Waals surface area (Å²) in [6.07, 6.45) is 0. The van der Waals surface area contributed by atoms with Crippen LogP contribution in [0.1, 0.15) is 0 Å². The van der Waals surface area contributed by atoms with Crippen molar-refractivity contribution in [2.75, 3.05) is 26.3 Å². The number of nitrogens with zero attached hydrogens (tertiary/aromatic N) is 1. The summed E-state index contributed by atoms with van der Waals surface area (Å²) in [7, 11) is 0.0923. The summed E-state index contributed by atoms with van der Waals surface area (Å²) < 4.78 is 35.7. The molecule has 2 aromatic carbocycles. The van der Waals surface area contributed by atoms with Gasteiger partial charge in [0.1, 0.15) is 29.4 Å². The molecule has 0 aliphatic rings. The normalized spacial score (nSPS) is 10.9. The smallest absolute Gasteiger partial charge is 0.262 e. The Hall–Kier alpha value is -3.11. The van der Waals surface area contributed by atoms with Gasteiger partial charge in [-0.3, -0.25) is 8.98 Å². The van der Waals surface area contributed by atoms with E-state index in [0.717, 1.165) is 0 Å². The van der Waals surface area contributed by atoms with Gasteiger partial charge in [-0.15, -0.1) is 0 Å². The van der Waals surface area contributed by atoms with Gasteiger partial charge >= 0.3 is 0 Å². The third kappa shape index (κ3) is 4.18. The SMILES string of the molecule is COc1cc(OC)c2c(=O)[nH]c(-c3ccc(NCO[SH](=O)=O)cc3)nc2c1. The Morgan fingerprint density at radius 3 is 2.48 bits per heavy atom. The molecular weight excluding hydrogens is 374 g/mol. The van der Waals surface area contributed by atoms with Gasteiger partial charge in [0.05, 0.1) is 19.7 Å². The molecule has 2 N–H and O–H groups in total. The first-order chi connectivity index (χ1) is 13.0. The lowest BCUT2D eigenvalue weighted by Crippen LogP contribution is -2.11. The van der Waals surface area contributed by atoms with Crippen LogP contribution < -0.4 is 20.3 Å². The van der Waals surface area contributed by atoms with Gasteiger partial charge in [0.15, 0.2) is 0 Å². The average molecular weight is 391 g/mol. The molecule has 0 saturated heterocycles. The standard InChI is InChI=1S/C17H17N3O6S/c1-24-12-7-13-15(14(8-12)25-2)17(21)20-16(19-13)10-3-5-11(6-4-10)18-9-26-27(22)23/h3-8,18,27H,9H2,1-2H3,(H,19,20,21). The average Bonchev–Trinajstić information content (AvgIpc) is 2.67. The second-order valence-corrected chi connectivity index (χ2v) is 6.09. The topological polar surface area (TPSA) is 120 Å². The quantitative estimate of drug-likeness (QED) is 0.410. The summed E-state index contributed by atoms with van der Waals surface area (Å²) in [6, 6.07) is 10.2. The number of methoxy groups -OCH3 is 2. The third-order valence-electron chi connectivity index (χ3n) is 3.81. The summed E-state index contributed by atoms with van der Waals surface area (Å²) in [4.78, 5) is 19.8. The lowest BCUT2D eigenvalue weighted by molar-refractivity contribution is 0.360. The second-order valence-electron chi connectivity index (χ2n) is 5.39. The van der Waals surface area contributed by atoms with Crippen molar-refractivity contribution < 1.29 is 22.1 Å². The van der Waals surface area contributed by atoms with Crippen molar-refractivity contribution in [2.45, 2.75) is 0 Å². The first kappa shape index (κ1) is 18.7. The summed E-state index contributed by atoms with van der Waals surface area (Å²) in [5, 5.41) is 3.13. The predicted octanol–water partition coefficient (Wildman–Crippen LogP) is 1.52. The molecular formula is C17H17N3O6S. The molecule has 1 heterocycles. The second kappa shape index (κ2) is 8.06. The first-order valence-corrected chi connectivity index (χ1v) is 8.89. The van der Waals surface area contributed by atoms with E-state index in [1.165, 1.54) is 14.2 Å². The molecule has 0 aliphatic heterocycles. The maximum Gasteiger partial charge on any atom is 0.262 e. The Bertz CT molecular complexity index is 1080. The highest BCUT2D eigenvalue weighted by molar-refractivity contribution is 7.67. The van der Waals surface area contributed by atoms with Crippen LogP contribution in [0.3, 0.4) is 0 Å². The van der Waals surface area contributed by atoms with Crippen LogP contribution in [0.5, 0.6) is 11.5 Å². The van der Waals surface area contributed by atoms with Gasteiger partial charge in [-0.2, -0.15) is 0 Å². The van der Waals surface area contributed by atoms with E-state index >= 15 is 0 Å².